The molecule has 3 N–H and O–H groups in total. The molecular weight excluding hydrogens is 248 g/mol. The van der Waals surface area contributed by atoms with E-state index in [4.69, 9.17) is 17.3 Å². The van der Waals surface area contributed by atoms with Gasteiger partial charge >= 0.3 is 0 Å². The summed E-state index contributed by atoms with van der Waals surface area (Å²) in [6, 6.07) is 4.68. The van der Waals surface area contributed by atoms with Gasteiger partial charge in [0.2, 0.25) is 0 Å². The molecule has 16 heavy (non-hydrogen) atoms. The van der Waals surface area contributed by atoms with Gasteiger partial charge in [0.1, 0.15) is 0 Å². The van der Waals surface area contributed by atoms with Gasteiger partial charge in [-0.05, 0) is 18.2 Å². The number of benzene rings is 1. The molecule has 1 rings (SSSR count). The molecule has 4 nitrogen and oxygen atoms in total. The lowest BCUT2D eigenvalue weighted by Gasteiger charge is -2.05. The molecule has 0 aromatic heterocycles. The summed E-state index contributed by atoms with van der Waals surface area (Å²) in [4.78, 5) is 11.6. The zero-order valence-electron chi connectivity index (χ0n) is 8.83. The van der Waals surface area contributed by atoms with E-state index in [1.165, 1.54) is 6.07 Å². The summed E-state index contributed by atoms with van der Waals surface area (Å²) in [5.74, 6) is 0.197. The topological polar surface area (TPSA) is 72.2 Å². The predicted octanol–water partition coefficient (Wildman–Crippen LogP) is 1.03. The number of hydrogen-bond acceptors (Lipinski definition) is 3. The lowest BCUT2D eigenvalue weighted by molar-refractivity contribution is 0.0956. The number of halogens is 1. The smallest absolute Gasteiger partial charge is 0.251 e. The highest BCUT2D eigenvalue weighted by molar-refractivity contribution is 7.84. The lowest BCUT2D eigenvalue weighted by atomic mass is 10.2. The van der Waals surface area contributed by atoms with Gasteiger partial charge < -0.3 is 11.1 Å². The maximum Gasteiger partial charge on any atom is 0.251 e. The van der Waals surface area contributed by atoms with Crippen LogP contribution in [0.25, 0.3) is 0 Å². The molecule has 88 valence electrons. The number of nitrogens with one attached hydrogen (secondary N) is 1. The van der Waals surface area contributed by atoms with E-state index in [1.54, 1.807) is 18.4 Å². The predicted molar refractivity (Wildman–Crippen MR) is 67.1 cm³/mol. The molecular formula is C10H13ClN2O2S. The molecule has 0 saturated carbocycles. The van der Waals surface area contributed by atoms with Gasteiger partial charge in [-0.15, -0.1) is 0 Å². The summed E-state index contributed by atoms with van der Waals surface area (Å²) in [6.07, 6.45) is 1.59. The molecule has 0 spiro atoms. The molecule has 0 saturated heterocycles. The molecule has 1 unspecified atom stereocenters. The summed E-state index contributed by atoms with van der Waals surface area (Å²) in [5, 5.41) is 3.07. The summed E-state index contributed by atoms with van der Waals surface area (Å²) < 4.78 is 10.8. The lowest BCUT2D eigenvalue weighted by Crippen LogP contribution is -2.27. The van der Waals surface area contributed by atoms with Crippen molar-refractivity contribution >= 4 is 34.0 Å². The Hall–Kier alpha value is -1.07. The van der Waals surface area contributed by atoms with Crippen molar-refractivity contribution in [2.24, 2.45) is 0 Å². The fourth-order valence-corrected chi connectivity index (χ4v) is 1.60. The summed E-state index contributed by atoms with van der Waals surface area (Å²) in [6.45, 7) is 0.379. The van der Waals surface area contributed by atoms with Crippen molar-refractivity contribution in [3.63, 3.8) is 0 Å². The highest BCUT2D eigenvalue weighted by Crippen LogP contribution is 2.19. The Bertz CT molecular complexity index is 423. The zero-order valence-corrected chi connectivity index (χ0v) is 10.4. The Morgan fingerprint density at radius 3 is 2.81 bits per heavy atom. The number of carbonyl (C=O) groups is 1. The van der Waals surface area contributed by atoms with Crippen LogP contribution in [0.4, 0.5) is 5.69 Å². The van der Waals surface area contributed by atoms with Gasteiger partial charge in [0.15, 0.2) is 0 Å². The van der Waals surface area contributed by atoms with E-state index in [9.17, 15) is 9.00 Å². The van der Waals surface area contributed by atoms with Crippen LogP contribution in [-0.4, -0.2) is 28.7 Å². The van der Waals surface area contributed by atoms with E-state index in [2.05, 4.69) is 5.32 Å². The average Bonchev–Trinajstić information content (AvgIpc) is 2.21. The number of nitrogen functional groups attached to an aromatic ring is 1. The van der Waals surface area contributed by atoms with Crippen molar-refractivity contribution in [1.82, 2.24) is 5.32 Å². The van der Waals surface area contributed by atoms with Crippen molar-refractivity contribution in [2.45, 2.75) is 0 Å². The van der Waals surface area contributed by atoms with E-state index in [-0.39, 0.29) is 5.91 Å². The second kappa shape index (κ2) is 5.86. The Kier molecular flexibility index (Phi) is 4.76. The maximum atomic E-state index is 11.6. The highest BCUT2D eigenvalue weighted by Gasteiger charge is 2.06. The molecule has 1 aromatic rings. The van der Waals surface area contributed by atoms with Crippen molar-refractivity contribution in [2.75, 3.05) is 24.3 Å². The van der Waals surface area contributed by atoms with E-state index in [0.717, 1.165) is 0 Å². The van der Waals surface area contributed by atoms with Crippen LogP contribution in [0.1, 0.15) is 10.4 Å². The van der Waals surface area contributed by atoms with Crippen LogP contribution in [0.2, 0.25) is 5.02 Å². The number of anilines is 1. The van der Waals surface area contributed by atoms with Gasteiger partial charge in [0, 0.05) is 34.9 Å². The molecule has 0 aliphatic carbocycles. The number of carbonyl (C=O) groups excluding carboxylic acids is 1. The first-order valence-electron chi connectivity index (χ1n) is 4.64. The Morgan fingerprint density at radius 1 is 1.56 bits per heavy atom. The molecule has 0 aliphatic rings. The van der Waals surface area contributed by atoms with E-state index < -0.39 is 10.8 Å². The van der Waals surface area contributed by atoms with Gasteiger partial charge in [-0.25, -0.2) is 0 Å². The van der Waals surface area contributed by atoms with Crippen molar-refractivity contribution < 1.29 is 9.00 Å². The average molecular weight is 261 g/mol. The standard InChI is InChI=1S/C10H13ClN2O2S/c1-16(15)5-4-13-10(14)7-2-3-8(11)9(12)6-7/h2-3,6H,4-5,12H2,1H3,(H,13,14). The van der Waals surface area contributed by atoms with Gasteiger partial charge in [-0.1, -0.05) is 11.6 Å². The van der Waals surface area contributed by atoms with Crippen LogP contribution in [-0.2, 0) is 10.8 Å². The van der Waals surface area contributed by atoms with Crippen LogP contribution < -0.4 is 11.1 Å². The van der Waals surface area contributed by atoms with Crippen LogP contribution in [0.15, 0.2) is 18.2 Å². The van der Waals surface area contributed by atoms with Gasteiger partial charge in [0.05, 0.1) is 10.7 Å². The third-order valence-corrected chi connectivity index (χ3v) is 3.06. The monoisotopic (exact) mass is 260 g/mol. The van der Waals surface area contributed by atoms with Crippen LogP contribution >= 0.6 is 11.6 Å². The maximum absolute atomic E-state index is 11.6. The SMILES string of the molecule is CS(=O)CCNC(=O)c1ccc(Cl)c(N)c1. The third-order valence-electron chi connectivity index (χ3n) is 1.93. The highest BCUT2D eigenvalue weighted by atomic mass is 35.5. The molecule has 1 amide bonds. The Labute approximate surface area is 102 Å². The summed E-state index contributed by atoms with van der Waals surface area (Å²) in [7, 11) is -0.907. The van der Waals surface area contributed by atoms with Crippen LogP contribution in [0.5, 0.6) is 0 Å². The number of nitrogens with two attached hydrogens (primary N) is 1. The minimum absolute atomic E-state index is 0.242. The first kappa shape index (κ1) is 13.0. The molecule has 0 bridgehead atoms. The summed E-state index contributed by atoms with van der Waals surface area (Å²) in [5.41, 5.74) is 6.39. The number of rotatable bonds is 4. The number of amides is 1. The Balaban J connectivity index is 2.59. The molecule has 0 fully saturated rings. The first-order valence-corrected chi connectivity index (χ1v) is 6.74. The van der Waals surface area contributed by atoms with Crippen LogP contribution in [0, 0.1) is 0 Å². The van der Waals surface area contributed by atoms with Crippen molar-refractivity contribution in [3.05, 3.63) is 28.8 Å². The molecule has 0 radical (unpaired) electrons. The molecule has 6 heteroatoms. The van der Waals surface area contributed by atoms with Crippen LogP contribution in [0.3, 0.4) is 0 Å². The van der Waals surface area contributed by atoms with E-state index in [1.807, 2.05) is 0 Å². The van der Waals surface area contributed by atoms with Crippen molar-refractivity contribution in [3.8, 4) is 0 Å². The zero-order chi connectivity index (χ0) is 12.1. The second-order valence-electron chi connectivity index (χ2n) is 3.27. The summed E-state index contributed by atoms with van der Waals surface area (Å²) >= 11 is 5.73. The fourth-order valence-electron chi connectivity index (χ4n) is 1.10. The first-order chi connectivity index (χ1) is 7.50. The van der Waals surface area contributed by atoms with Gasteiger partial charge in [0.25, 0.3) is 5.91 Å². The molecule has 0 heterocycles. The van der Waals surface area contributed by atoms with Gasteiger partial charge in [-0.3, -0.25) is 9.00 Å². The minimum atomic E-state index is -0.907. The third kappa shape index (κ3) is 3.83. The minimum Gasteiger partial charge on any atom is -0.398 e. The second-order valence-corrected chi connectivity index (χ2v) is 5.23. The van der Waals surface area contributed by atoms with E-state index in [0.29, 0.717) is 28.6 Å². The fraction of sp³-hybridized carbons (Fsp3) is 0.300. The molecule has 1 aromatic carbocycles. The largest absolute Gasteiger partial charge is 0.398 e. The normalized spacial score (nSPS) is 12.1. The van der Waals surface area contributed by atoms with Gasteiger partial charge in [-0.2, -0.15) is 0 Å². The molecule has 1 atom stereocenters. The Morgan fingerprint density at radius 2 is 2.25 bits per heavy atom. The van der Waals surface area contributed by atoms with E-state index >= 15 is 0 Å². The van der Waals surface area contributed by atoms with Crippen molar-refractivity contribution in [1.29, 1.82) is 0 Å². The molecule has 0 aliphatic heterocycles. The quantitative estimate of drug-likeness (QED) is 0.795. The number of hydrogen-bond donors (Lipinski definition) is 2.